The molecule has 0 saturated carbocycles. The Kier molecular flexibility index (Phi) is 9.96. The fourth-order valence-electron chi connectivity index (χ4n) is 2.44. The van der Waals surface area contributed by atoms with Crippen LogP contribution in [0.25, 0.3) is 0 Å². The zero-order valence-corrected chi connectivity index (χ0v) is 19.8. The van der Waals surface area contributed by atoms with Crippen LogP contribution in [-0.2, 0) is 14.4 Å². The number of hydrogen-bond acceptors (Lipinski definition) is 6. The van der Waals surface area contributed by atoms with Crippen LogP contribution >= 0.6 is 23.2 Å². The molecule has 0 unspecified atom stereocenters. The summed E-state index contributed by atoms with van der Waals surface area (Å²) < 4.78 is 10.8. The molecule has 0 aromatic heterocycles. The van der Waals surface area contributed by atoms with Crippen LogP contribution in [0.5, 0.6) is 11.5 Å². The molecule has 0 fully saturated rings. The second kappa shape index (κ2) is 12.7. The predicted octanol–water partition coefficient (Wildman–Crippen LogP) is 3.24. The first-order valence-electron chi connectivity index (χ1n) is 9.86. The summed E-state index contributed by atoms with van der Waals surface area (Å²) in [7, 11) is 1.44. The van der Waals surface area contributed by atoms with Gasteiger partial charge in [-0.15, -0.1) is 0 Å². The monoisotopic (exact) mass is 494 g/mol. The molecule has 2 aromatic rings. The third-order valence-electron chi connectivity index (χ3n) is 3.95. The van der Waals surface area contributed by atoms with E-state index in [4.69, 9.17) is 32.7 Å². The molecule has 9 nitrogen and oxygen atoms in total. The van der Waals surface area contributed by atoms with Crippen LogP contribution in [0.2, 0.25) is 10.0 Å². The van der Waals surface area contributed by atoms with Gasteiger partial charge in [0.25, 0.3) is 5.91 Å². The zero-order valence-electron chi connectivity index (χ0n) is 18.3. The second-order valence-electron chi connectivity index (χ2n) is 7.21. The quantitative estimate of drug-likeness (QED) is 0.281. The van der Waals surface area contributed by atoms with Crippen molar-refractivity contribution < 1.29 is 23.9 Å². The normalized spacial score (nSPS) is 10.7. The fraction of sp³-hybridized carbons (Fsp3) is 0.273. The van der Waals surface area contributed by atoms with Crippen molar-refractivity contribution in [2.24, 2.45) is 11.0 Å². The van der Waals surface area contributed by atoms with Crippen molar-refractivity contribution in [2.45, 2.75) is 13.8 Å². The number of rotatable bonds is 9. The highest BCUT2D eigenvalue weighted by molar-refractivity contribution is 6.35. The molecule has 0 radical (unpaired) electrons. The number of amides is 3. The molecule has 0 bridgehead atoms. The largest absolute Gasteiger partial charge is 0.493 e. The van der Waals surface area contributed by atoms with Crippen LogP contribution in [0.3, 0.4) is 0 Å². The van der Waals surface area contributed by atoms with Crippen molar-refractivity contribution in [3.63, 3.8) is 0 Å². The highest BCUT2D eigenvalue weighted by Crippen LogP contribution is 2.28. The van der Waals surface area contributed by atoms with E-state index in [2.05, 4.69) is 21.2 Å². The molecule has 33 heavy (non-hydrogen) atoms. The van der Waals surface area contributed by atoms with Gasteiger partial charge in [0, 0.05) is 22.3 Å². The lowest BCUT2D eigenvalue weighted by molar-refractivity contribution is -0.139. The van der Waals surface area contributed by atoms with E-state index in [1.165, 1.54) is 13.3 Å². The first kappa shape index (κ1) is 26.0. The van der Waals surface area contributed by atoms with Gasteiger partial charge in [0.15, 0.2) is 18.1 Å². The number of halogens is 2. The summed E-state index contributed by atoms with van der Waals surface area (Å²) in [5.74, 6) is -1.16. The first-order chi connectivity index (χ1) is 15.7. The van der Waals surface area contributed by atoms with E-state index in [-0.39, 0.29) is 12.5 Å². The maximum atomic E-state index is 12.2. The number of hydrazone groups is 1. The minimum Gasteiger partial charge on any atom is -0.493 e. The van der Waals surface area contributed by atoms with Gasteiger partial charge in [0.1, 0.15) is 0 Å². The van der Waals surface area contributed by atoms with E-state index in [1.54, 1.807) is 36.4 Å². The van der Waals surface area contributed by atoms with Crippen molar-refractivity contribution in [3.8, 4) is 11.5 Å². The maximum Gasteiger partial charge on any atom is 0.329 e. The lowest BCUT2D eigenvalue weighted by Gasteiger charge is -2.12. The average molecular weight is 495 g/mol. The summed E-state index contributed by atoms with van der Waals surface area (Å²) in [4.78, 5) is 35.5. The van der Waals surface area contributed by atoms with Gasteiger partial charge in [-0.1, -0.05) is 37.0 Å². The summed E-state index contributed by atoms with van der Waals surface area (Å²) in [5.41, 5.74) is 3.17. The number of anilines is 1. The van der Waals surface area contributed by atoms with Crippen LogP contribution < -0.4 is 25.5 Å². The van der Waals surface area contributed by atoms with Crippen molar-refractivity contribution in [2.75, 3.05) is 25.6 Å². The molecule has 0 aliphatic carbocycles. The Bertz CT molecular complexity index is 1020. The van der Waals surface area contributed by atoms with Gasteiger partial charge in [-0.2, -0.15) is 5.10 Å². The minimum atomic E-state index is -0.870. The van der Waals surface area contributed by atoms with Gasteiger partial charge in [-0.3, -0.25) is 14.4 Å². The van der Waals surface area contributed by atoms with Crippen LogP contribution in [0.1, 0.15) is 19.4 Å². The molecule has 0 aliphatic rings. The topological polar surface area (TPSA) is 118 Å². The third kappa shape index (κ3) is 8.99. The van der Waals surface area contributed by atoms with E-state index >= 15 is 0 Å². The number of carbonyl (C=O) groups is 3. The predicted molar refractivity (Wildman–Crippen MR) is 127 cm³/mol. The van der Waals surface area contributed by atoms with E-state index in [9.17, 15) is 14.4 Å². The number of carbonyl (C=O) groups excluding carboxylic acids is 3. The number of methoxy groups -OCH3 is 1. The van der Waals surface area contributed by atoms with Crippen molar-refractivity contribution in [1.29, 1.82) is 0 Å². The van der Waals surface area contributed by atoms with Crippen LogP contribution in [0.15, 0.2) is 41.5 Å². The highest BCUT2D eigenvalue weighted by atomic mass is 35.5. The number of ether oxygens (including phenoxy) is 2. The minimum absolute atomic E-state index is 0.222. The van der Waals surface area contributed by atoms with Gasteiger partial charge < -0.3 is 20.1 Å². The molecule has 176 valence electrons. The molecule has 2 aromatic carbocycles. The number of hydrogen-bond donors (Lipinski definition) is 3. The molecule has 3 amide bonds. The Balaban J connectivity index is 1.91. The standard InChI is InChI=1S/C22H24Cl2N4O5/c1-13(2)10-25-21(30)22(31)28-26-11-14-4-5-18(19(6-14)32-3)33-12-20(29)27-17-8-15(23)7-16(24)9-17/h4-9,11,13H,10,12H2,1-3H3,(H,25,30)(H,27,29)(H,28,31)/b26-11-. The van der Waals surface area contributed by atoms with Crippen LogP contribution in [0, 0.1) is 5.92 Å². The van der Waals surface area contributed by atoms with Gasteiger partial charge in [0.05, 0.1) is 13.3 Å². The van der Waals surface area contributed by atoms with Gasteiger partial charge in [0.2, 0.25) is 0 Å². The van der Waals surface area contributed by atoms with Crippen LogP contribution in [0.4, 0.5) is 5.69 Å². The van der Waals surface area contributed by atoms with Gasteiger partial charge in [-0.05, 0) is 47.9 Å². The lowest BCUT2D eigenvalue weighted by atomic mass is 10.2. The zero-order chi connectivity index (χ0) is 24.4. The molecular formula is C22H24Cl2N4O5. The Labute approximate surface area is 201 Å². The van der Waals surface area contributed by atoms with E-state index in [1.807, 2.05) is 13.8 Å². The van der Waals surface area contributed by atoms with Gasteiger partial charge in [-0.25, -0.2) is 5.43 Å². The summed E-state index contributed by atoms with van der Waals surface area (Å²) >= 11 is 11.8. The number of nitrogens with one attached hydrogen (secondary N) is 3. The lowest BCUT2D eigenvalue weighted by Crippen LogP contribution is -2.39. The number of benzene rings is 2. The van der Waals surface area contributed by atoms with Crippen molar-refractivity contribution in [3.05, 3.63) is 52.0 Å². The van der Waals surface area contributed by atoms with Gasteiger partial charge >= 0.3 is 11.8 Å². The Morgan fingerprint density at radius 3 is 2.36 bits per heavy atom. The average Bonchev–Trinajstić information content (AvgIpc) is 2.75. The van der Waals surface area contributed by atoms with E-state index < -0.39 is 17.7 Å². The first-order valence-corrected chi connectivity index (χ1v) is 10.6. The molecule has 2 rings (SSSR count). The summed E-state index contributed by atoms with van der Waals surface area (Å²) in [5, 5.41) is 9.68. The van der Waals surface area contributed by atoms with E-state index in [0.717, 1.165) is 0 Å². The van der Waals surface area contributed by atoms with Crippen molar-refractivity contribution in [1.82, 2.24) is 10.7 Å². The Morgan fingerprint density at radius 1 is 1.03 bits per heavy atom. The Morgan fingerprint density at radius 2 is 1.73 bits per heavy atom. The molecule has 0 aliphatic heterocycles. The number of nitrogens with zero attached hydrogens (tertiary/aromatic N) is 1. The van der Waals surface area contributed by atoms with E-state index in [0.29, 0.717) is 39.3 Å². The summed E-state index contributed by atoms with van der Waals surface area (Å²) in [6.07, 6.45) is 1.34. The fourth-order valence-corrected chi connectivity index (χ4v) is 2.97. The summed E-state index contributed by atoms with van der Waals surface area (Å²) in [6.45, 7) is 3.94. The molecular weight excluding hydrogens is 471 g/mol. The molecule has 0 saturated heterocycles. The summed E-state index contributed by atoms with van der Waals surface area (Å²) in [6, 6.07) is 9.50. The maximum absolute atomic E-state index is 12.2. The molecule has 0 atom stereocenters. The van der Waals surface area contributed by atoms with Crippen molar-refractivity contribution >= 4 is 52.8 Å². The smallest absolute Gasteiger partial charge is 0.329 e. The third-order valence-corrected chi connectivity index (χ3v) is 4.39. The highest BCUT2D eigenvalue weighted by Gasteiger charge is 2.13. The molecule has 3 N–H and O–H groups in total. The second-order valence-corrected chi connectivity index (χ2v) is 8.08. The van der Waals surface area contributed by atoms with Crippen LogP contribution in [-0.4, -0.2) is 44.2 Å². The molecule has 0 spiro atoms. The Hall–Kier alpha value is -3.30. The molecule has 11 heteroatoms. The SMILES string of the molecule is COc1cc(/C=N\NC(=O)C(=O)NCC(C)C)ccc1OCC(=O)Nc1cc(Cl)cc(Cl)c1. The molecule has 0 heterocycles.